The fourth-order valence-electron chi connectivity index (χ4n) is 3.66. The highest BCUT2D eigenvalue weighted by molar-refractivity contribution is 7.93. The zero-order chi connectivity index (χ0) is 27.7. The highest BCUT2D eigenvalue weighted by Gasteiger charge is 2.45. The van der Waals surface area contributed by atoms with Gasteiger partial charge in [0.15, 0.2) is 17.3 Å². The van der Waals surface area contributed by atoms with Gasteiger partial charge >= 0.3 is 0 Å². The predicted octanol–water partition coefficient (Wildman–Crippen LogP) is 3.53. The molecule has 0 aliphatic rings. The lowest BCUT2D eigenvalue weighted by molar-refractivity contribution is 0.175. The number of aryl methyl sites for hydroxylation is 1. The summed E-state index contributed by atoms with van der Waals surface area (Å²) in [6.07, 6.45) is 2.24. The van der Waals surface area contributed by atoms with Gasteiger partial charge in [-0.25, -0.2) is 22.8 Å². The van der Waals surface area contributed by atoms with E-state index < -0.39 is 26.8 Å². The van der Waals surface area contributed by atoms with Crippen molar-refractivity contribution in [3.8, 4) is 34.8 Å². The van der Waals surface area contributed by atoms with Gasteiger partial charge in [-0.15, -0.1) is 10.2 Å². The molecule has 1 aromatic carbocycles. The zero-order valence-corrected chi connectivity index (χ0v) is 21.9. The number of aromatic nitrogens is 5. The Balaban J connectivity index is 1.83. The summed E-state index contributed by atoms with van der Waals surface area (Å²) in [7, 11) is -1.59. The fraction of sp³-hybridized carbons (Fsp3) is 0.292. The van der Waals surface area contributed by atoms with Crippen LogP contribution in [0.15, 0.2) is 47.1 Å². The van der Waals surface area contributed by atoms with E-state index in [0.717, 1.165) is 19.3 Å². The van der Waals surface area contributed by atoms with Crippen molar-refractivity contribution in [1.82, 2.24) is 24.7 Å². The number of halogens is 1. The van der Waals surface area contributed by atoms with Gasteiger partial charge in [0, 0.05) is 12.4 Å². The summed E-state index contributed by atoms with van der Waals surface area (Å²) in [6, 6.07) is 10.2. The van der Waals surface area contributed by atoms with Crippen molar-refractivity contribution in [3.05, 3.63) is 59.9 Å². The minimum Gasteiger partial charge on any atom is -0.494 e. The van der Waals surface area contributed by atoms with Crippen molar-refractivity contribution in [2.24, 2.45) is 0 Å². The number of nitrogens with zero attached hydrogens (tertiary/aromatic N) is 6. The van der Waals surface area contributed by atoms with Crippen molar-refractivity contribution < 1.29 is 26.7 Å². The first-order valence-corrected chi connectivity index (χ1v) is 12.7. The second-order valence-electron chi connectivity index (χ2n) is 8.38. The van der Waals surface area contributed by atoms with Crippen molar-refractivity contribution in [2.75, 3.05) is 18.9 Å². The molecule has 14 heteroatoms. The molecule has 0 bridgehead atoms. The summed E-state index contributed by atoms with van der Waals surface area (Å²) in [5.74, 6) is 1.02. The molecule has 0 amide bonds. The number of hydrogen-bond acceptors (Lipinski definition) is 10. The molecule has 12 nitrogen and oxygen atoms in total. The second-order valence-corrected chi connectivity index (χ2v) is 10.4. The molecule has 0 aliphatic carbocycles. The number of rotatable bonds is 9. The summed E-state index contributed by atoms with van der Waals surface area (Å²) in [5, 5.41) is 15.4. The third-order valence-electron chi connectivity index (χ3n) is 5.93. The van der Waals surface area contributed by atoms with E-state index in [9.17, 15) is 8.42 Å². The van der Waals surface area contributed by atoms with Crippen molar-refractivity contribution in [3.63, 3.8) is 0 Å². The van der Waals surface area contributed by atoms with Crippen LogP contribution in [0.3, 0.4) is 0 Å². The molecule has 0 radical (unpaired) electrons. The molecule has 3 aromatic heterocycles. The summed E-state index contributed by atoms with van der Waals surface area (Å²) >= 11 is 0. The van der Waals surface area contributed by atoms with Crippen LogP contribution in [-0.2, 0) is 15.7 Å². The topological polar surface area (TPSA) is 158 Å². The van der Waals surface area contributed by atoms with Crippen LogP contribution in [-0.4, -0.2) is 52.6 Å². The molecule has 1 N–H and O–H groups in total. The van der Waals surface area contributed by atoms with E-state index in [1.807, 2.05) is 6.07 Å². The Hall–Kier alpha value is -4.51. The van der Waals surface area contributed by atoms with Crippen LogP contribution in [0, 0.1) is 18.3 Å². The van der Waals surface area contributed by atoms with Crippen molar-refractivity contribution in [2.45, 2.75) is 31.7 Å². The summed E-state index contributed by atoms with van der Waals surface area (Å²) in [6.45, 7) is 3.96. The number of alkyl halides is 1. The van der Waals surface area contributed by atoms with E-state index in [4.69, 9.17) is 19.2 Å². The Morgan fingerprint density at radius 3 is 2.29 bits per heavy atom. The lowest BCUT2D eigenvalue weighted by atomic mass is 10.0. The molecule has 4 rings (SSSR count). The van der Waals surface area contributed by atoms with E-state index >= 15 is 4.39 Å². The van der Waals surface area contributed by atoms with Crippen LogP contribution in [0.1, 0.15) is 31.0 Å². The van der Waals surface area contributed by atoms with Crippen LogP contribution in [0.4, 0.5) is 10.3 Å². The van der Waals surface area contributed by atoms with E-state index in [-0.39, 0.29) is 23.0 Å². The molecule has 1 unspecified atom stereocenters. The number of furan rings is 1. The van der Waals surface area contributed by atoms with E-state index in [2.05, 4.69) is 24.9 Å². The summed E-state index contributed by atoms with van der Waals surface area (Å²) < 4.78 is 63.2. The number of methoxy groups -OCH3 is 2. The lowest BCUT2D eigenvalue weighted by Crippen LogP contribution is -2.41. The first-order chi connectivity index (χ1) is 18.0. The molecule has 0 fully saturated rings. The van der Waals surface area contributed by atoms with Crippen LogP contribution < -0.4 is 14.2 Å². The maximum atomic E-state index is 15.9. The number of para-hydroxylation sites is 1. The van der Waals surface area contributed by atoms with Gasteiger partial charge in [-0.05, 0) is 45.0 Å². The van der Waals surface area contributed by atoms with Crippen LogP contribution in [0.5, 0.6) is 11.5 Å². The molecule has 0 saturated heterocycles. The number of anilines is 1. The number of nitriles is 1. The Kier molecular flexibility index (Phi) is 7.05. The average molecular weight is 542 g/mol. The SMILES string of the molecule is COc1cccc(OC)c1-n1c(NS(=O)(=O)[C@@H](C)C(C)(F)c2ncc(C#N)cn2)nnc1-c1ccc(C)o1. The maximum Gasteiger partial charge on any atom is 0.243 e. The van der Waals surface area contributed by atoms with Crippen molar-refractivity contribution in [1.29, 1.82) is 5.26 Å². The third-order valence-corrected chi connectivity index (χ3v) is 7.77. The molecule has 38 heavy (non-hydrogen) atoms. The van der Waals surface area contributed by atoms with E-state index in [0.29, 0.717) is 23.0 Å². The maximum absolute atomic E-state index is 15.9. The normalized spacial score (nSPS) is 13.8. The van der Waals surface area contributed by atoms with Gasteiger partial charge in [0.25, 0.3) is 0 Å². The number of hydrogen-bond donors (Lipinski definition) is 1. The highest BCUT2D eigenvalue weighted by Crippen LogP contribution is 2.39. The standard InChI is InChI=1S/C24H24FN7O5S/c1-14-9-10-19(37-14)21-29-30-23(32(21)20-17(35-4)7-6-8-18(20)36-5)31-38(33,34)15(2)24(3,25)22-27-12-16(11-26)13-28-22/h6-10,12-13,15H,1-5H3,(H,30,31)/t15-,24?/m0/s1. The molecule has 0 saturated carbocycles. The quantitative estimate of drug-likeness (QED) is 0.332. The molecular weight excluding hydrogens is 517 g/mol. The Morgan fingerprint density at radius 2 is 1.76 bits per heavy atom. The molecule has 0 aliphatic heterocycles. The molecular formula is C24H24FN7O5S. The minimum absolute atomic E-state index is 0.109. The van der Waals surface area contributed by atoms with Crippen LogP contribution in [0.25, 0.3) is 17.3 Å². The number of sulfonamides is 1. The van der Waals surface area contributed by atoms with Gasteiger partial charge < -0.3 is 13.9 Å². The van der Waals surface area contributed by atoms with Gasteiger partial charge in [0.1, 0.15) is 34.3 Å². The smallest absolute Gasteiger partial charge is 0.243 e. The Labute approximate surface area is 218 Å². The lowest BCUT2D eigenvalue weighted by Gasteiger charge is -2.26. The van der Waals surface area contributed by atoms with Crippen molar-refractivity contribution >= 4 is 16.0 Å². The average Bonchev–Trinajstić information content (AvgIpc) is 3.52. The molecule has 4 aromatic rings. The third kappa shape index (κ3) is 4.75. The van der Waals surface area contributed by atoms with Gasteiger partial charge in [0.05, 0.1) is 19.8 Å². The first-order valence-electron chi connectivity index (χ1n) is 11.2. The number of nitrogens with one attached hydrogen (secondary N) is 1. The van der Waals surface area contributed by atoms with E-state index in [1.165, 1.54) is 25.7 Å². The number of ether oxygens (including phenoxy) is 2. The second kappa shape index (κ2) is 10.1. The molecule has 0 spiro atoms. The van der Waals surface area contributed by atoms with Gasteiger partial charge in [0.2, 0.25) is 21.8 Å². The largest absolute Gasteiger partial charge is 0.494 e. The van der Waals surface area contributed by atoms with Gasteiger partial charge in [-0.1, -0.05) is 6.07 Å². The van der Waals surface area contributed by atoms with Crippen LogP contribution in [0.2, 0.25) is 0 Å². The predicted molar refractivity (Wildman–Crippen MR) is 134 cm³/mol. The monoisotopic (exact) mass is 541 g/mol. The molecule has 3 heterocycles. The number of benzene rings is 1. The first kappa shape index (κ1) is 26.6. The summed E-state index contributed by atoms with van der Waals surface area (Å²) in [4.78, 5) is 7.68. The zero-order valence-electron chi connectivity index (χ0n) is 21.1. The van der Waals surface area contributed by atoms with Gasteiger partial charge in [-0.2, -0.15) is 5.26 Å². The Morgan fingerprint density at radius 1 is 1.13 bits per heavy atom. The van der Waals surface area contributed by atoms with E-state index in [1.54, 1.807) is 37.3 Å². The fourth-order valence-corrected chi connectivity index (χ4v) is 4.91. The van der Waals surface area contributed by atoms with Gasteiger partial charge in [-0.3, -0.25) is 9.29 Å². The Bertz CT molecular complexity index is 1590. The minimum atomic E-state index is -4.47. The summed E-state index contributed by atoms with van der Waals surface area (Å²) in [5.41, 5.74) is -2.14. The van der Waals surface area contributed by atoms with Crippen LogP contribution >= 0.6 is 0 Å². The molecule has 198 valence electrons. The highest BCUT2D eigenvalue weighted by atomic mass is 32.2. The molecule has 2 atom stereocenters.